The topological polar surface area (TPSA) is 0 Å². The Morgan fingerprint density at radius 2 is 1.43 bits per heavy atom. The maximum Gasteiger partial charge on any atom is -0.147 e. The normalized spacial score (nSPS) is 10.3. The van der Waals surface area contributed by atoms with E-state index in [0.717, 1.165) is 0 Å². The van der Waals surface area contributed by atoms with Crippen LogP contribution in [0.3, 0.4) is 0 Å². The molecule has 0 aromatic heterocycles. The van der Waals surface area contributed by atoms with Gasteiger partial charge in [-0.25, -0.2) is 0 Å². The zero-order valence-electron chi connectivity index (χ0n) is 5.12. The van der Waals surface area contributed by atoms with Crippen molar-refractivity contribution in [1.82, 2.24) is 0 Å². The predicted molar refractivity (Wildman–Crippen MR) is 41.2 cm³/mol. The van der Waals surface area contributed by atoms with Gasteiger partial charge in [-0.05, 0) is 0 Å². The van der Waals surface area contributed by atoms with Crippen molar-refractivity contribution in [3.8, 4) is 0 Å². The van der Waals surface area contributed by atoms with Gasteiger partial charge >= 0.3 is 54.3 Å². The average molecular weight is 242 g/mol. The first-order valence-electron chi connectivity index (χ1n) is 2.21. The van der Waals surface area contributed by atoms with Crippen LogP contribution >= 0.6 is 12.4 Å². The van der Waals surface area contributed by atoms with Gasteiger partial charge in [0.2, 0.25) is 0 Å². The minimum atomic E-state index is -0.591. The first kappa shape index (κ1) is 11.1. The van der Waals surface area contributed by atoms with Crippen LogP contribution in [-0.4, -0.2) is 30.6 Å². The zero-order valence-corrected chi connectivity index (χ0v) is 9.79. The summed E-state index contributed by atoms with van der Waals surface area (Å²) in [6, 6.07) is 0. The molecule has 0 bridgehead atoms. The van der Waals surface area contributed by atoms with Crippen LogP contribution in [0.5, 0.6) is 0 Å². The summed E-state index contributed by atoms with van der Waals surface area (Å²) in [5, 5.41) is 0. The SMILES string of the molecule is C[Si](C)(C)[CH2][Sn].Cl. The third-order valence-corrected chi connectivity index (χ3v) is 10.7. The summed E-state index contributed by atoms with van der Waals surface area (Å²) in [7, 11) is -0.591. The van der Waals surface area contributed by atoms with E-state index < -0.39 is 8.07 Å². The Kier molecular flexibility index (Phi) is 6.71. The molecule has 43 valence electrons. The molecule has 0 aliphatic rings. The summed E-state index contributed by atoms with van der Waals surface area (Å²) in [5.41, 5.74) is 0. The molecule has 0 spiro atoms. The molecule has 0 fully saturated rings. The molecule has 7 heavy (non-hydrogen) atoms. The van der Waals surface area contributed by atoms with E-state index >= 15 is 0 Å². The molecule has 0 unspecified atom stereocenters. The molecule has 0 heterocycles. The summed E-state index contributed by atoms with van der Waals surface area (Å²) in [5.74, 6) is 0. The second-order valence-corrected chi connectivity index (χ2v) is 11.2. The minimum Gasteiger partial charge on any atom is -0.147 e. The van der Waals surface area contributed by atoms with Crippen LogP contribution in [0.4, 0.5) is 0 Å². The van der Waals surface area contributed by atoms with Gasteiger partial charge in [0.1, 0.15) is 0 Å². The average Bonchev–Trinajstić information content (AvgIpc) is 1.35. The first-order valence-corrected chi connectivity index (χ1v) is 7.93. The molecule has 3 heteroatoms. The molecule has 0 aromatic carbocycles. The standard InChI is InChI=1S/C4H11Si.ClH.Sn/c1-5(2,3)4;;/h1H2,2-4H3;1H;. The number of rotatable bonds is 1. The fourth-order valence-corrected chi connectivity index (χ4v) is 0. The second kappa shape index (κ2) is 4.21. The summed E-state index contributed by atoms with van der Waals surface area (Å²) in [6.07, 6.45) is 0. The van der Waals surface area contributed by atoms with Gasteiger partial charge in [0.25, 0.3) is 0 Å². The summed E-state index contributed by atoms with van der Waals surface area (Å²) < 4.78 is 1.50. The molecule has 0 amide bonds. The molecule has 0 aliphatic heterocycles. The monoisotopic (exact) mass is 243 g/mol. The summed E-state index contributed by atoms with van der Waals surface area (Å²) in [4.78, 5) is 0. The van der Waals surface area contributed by atoms with Gasteiger partial charge in [-0.1, -0.05) is 0 Å². The van der Waals surface area contributed by atoms with E-state index in [1.807, 2.05) is 0 Å². The Morgan fingerprint density at radius 1 is 1.29 bits per heavy atom. The van der Waals surface area contributed by atoms with E-state index in [4.69, 9.17) is 0 Å². The number of hydrogen-bond donors (Lipinski definition) is 0. The van der Waals surface area contributed by atoms with E-state index in [9.17, 15) is 0 Å². The van der Waals surface area contributed by atoms with Crippen molar-refractivity contribution in [2.45, 2.75) is 23.7 Å². The molecule has 0 rings (SSSR count). The summed E-state index contributed by atoms with van der Waals surface area (Å²) in [6.45, 7) is 7.21. The van der Waals surface area contributed by atoms with Crippen molar-refractivity contribution in [2.24, 2.45) is 0 Å². The van der Waals surface area contributed by atoms with Crippen LogP contribution in [-0.2, 0) is 0 Å². The van der Waals surface area contributed by atoms with E-state index in [0.29, 0.717) is 0 Å². The van der Waals surface area contributed by atoms with Crippen molar-refractivity contribution in [1.29, 1.82) is 0 Å². The van der Waals surface area contributed by atoms with Gasteiger partial charge < -0.3 is 0 Å². The van der Waals surface area contributed by atoms with Crippen molar-refractivity contribution >= 4 is 43.0 Å². The Morgan fingerprint density at radius 3 is 1.43 bits per heavy atom. The van der Waals surface area contributed by atoms with Gasteiger partial charge in [0.15, 0.2) is 0 Å². The molecular weight excluding hydrogens is 230 g/mol. The largest absolute Gasteiger partial charge is 0.147 e. The smallest absolute Gasteiger partial charge is 0.147 e. The minimum absolute atomic E-state index is 0. The van der Waals surface area contributed by atoms with Crippen LogP contribution in [0, 0.1) is 0 Å². The van der Waals surface area contributed by atoms with Gasteiger partial charge in [-0.3, -0.25) is 0 Å². The Bertz CT molecular complexity index is 41.4. The molecule has 0 aromatic rings. The van der Waals surface area contributed by atoms with Crippen LogP contribution in [0.25, 0.3) is 0 Å². The van der Waals surface area contributed by atoms with Crippen LogP contribution in [0.15, 0.2) is 0 Å². The Labute approximate surface area is 66.6 Å². The molecule has 0 saturated heterocycles. The quantitative estimate of drug-likeness (QED) is 0.616. The fraction of sp³-hybridized carbons (Fsp3) is 1.00. The number of halogens is 1. The first-order chi connectivity index (χ1) is 2.56. The molecule has 0 N–H and O–H groups in total. The van der Waals surface area contributed by atoms with E-state index in [-0.39, 0.29) is 12.4 Å². The van der Waals surface area contributed by atoms with Crippen molar-refractivity contribution in [3.05, 3.63) is 0 Å². The van der Waals surface area contributed by atoms with Gasteiger partial charge in [-0.2, -0.15) is 0 Å². The van der Waals surface area contributed by atoms with Gasteiger partial charge in [0.05, 0.1) is 0 Å². The molecule has 0 nitrogen and oxygen atoms in total. The van der Waals surface area contributed by atoms with Crippen LogP contribution in [0.2, 0.25) is 23.7 Å². The molecular formula is C4H12ClSiSn. The maximum atomic E-state index is 2.40. The predicted octanol–water partition coefficient (Wildman–Crippen LogP) is 1.87. The molecule has 0 atom stereocenters. The molecule has 0 saturated carbocycles. The zero-order chi connectivity index (χ0) is 5.21. The third-order valence-electron chi connectivity index (χ3n) is 0.530. The van der Waals surface area contributed by atoms with Crippen molar-refractivity contribution in [3.63, 3.8) is 0 Å². The fourth-order valence-electron chi connectivity index (χ4n) is 0. The second-order valence-electron chi connectivity index (χ2n) is 2.74. The van der Waals surface area contributed by atoms with E-state index in [1.54, 1.807) is 22.5 Å². The third kappa shape index (κ3) is 11.1. The van der Waals surface area contributed by atoms with Crippen LogP contribution < -0.4 is 0 Å². The Balaban J connectivity index is 0. The summed E-state index contributed by atoms with van der Waals surface area (Å²) >= 11 is 1.71. The van der Waals surface area contributed by atoms with Crippen LogP contribution in [0.1, 0.15) is 0 Å². The van der Waals surface area contributed by atoms with Gasteiger partial charge in [0, 0.05) is 0 Å². The van der Waals surface area contributed by atoms with E-state index in [1.165, 1.54) is 4.06 Å². The molecule has 3 radical (unpaired) electrons. The van der Waals surface area contributed by atoms with Crippen molar-refractivity contribution < 1.29 is 0 Å². The molecule has 0 aliphatic carbocycles. The van der Waals surface area contributed by atoms with Crippen molar-refractivity contribution in [2.75, 3.05) is 0 Å². The van der Waals surface area contributed by atoms with E-state index in [2.05, 4.69) is 19.6 Å². The number of hydrogen-bond acceptors (Lipinski definition) is 0. The van der Waals surface area contributed by atoms with Gasteiger partial charge in [-0.15, -0.1) is 12.4 Å². The maximum absolute atomic E-state index is 2.40. The Hall–Kier alpha value is 1.31.